The second-order valence-electron chi connectivity index (χ2n) is 5.50. The molecule has 0 atom stereocenters. The highest BCUT2D eigenvalue weighted by Crippen LogP contribution is 2.25. The van der Waals surface area contributed by atoms with Crippen molar-refractivity contribution in [1.29, 1.82) is 0 Å². The molecule has 3 nitrogen and oxygen atoms in total. The first-order valence-corrected chi connectivity index (χ1v) is 9.84. The molecule has 0 radical (unpaired) electrons. The minimum Gasteiger partial charge on any atom is -0.319 e. The molecule has 0 spiro atoms. The van der Waals surface area contributed by atoms with Crippen molar-refractivity contribution >= 4 is 50.8 Å². The molecule has 0 aliphatic rings. The van der Waals surface area contributed by atoms with Gasteiger partial charge in [-0.05, 0) is 30.2 Å². The number of thiazole rings is 1. The number of halogens is 1. The fraction of sp³-hybridized carbons (Fsp3) is 0.222. The number of thioether (sulfide) groups is 1. The standard InChI is InChI=1S/C18H17ClN2OS2/c1-12-8-14(19)9-15-17(12)21(2)18(24-15)20-16(22)11-23-10-13-6-4-3-5-7-13/h3-9H,10-11H2,1-2H3. The van der Waals surface area contributed by atoms with E-state index >= 15 is 0 Å². The van der Waals surface area contributed by atoms with E-state index in [4.69, 9.17) is 11.6 Å². The Hall–Kier alpha value is -1.56. The predicted octanol–water partition coefficient (Wildman–Crippen LogP) is 4.56. The third-order valence-corrected chi connectivity index (χ3v) is 5.90. The summed E-state index contributed by atoms with van der Waals surface area (Å²) in [4.78, 5) is 17.1. The van der Waals surface area contributed by atoms with Crippen LogP contribution < -0.4 is 4.80 Å². The smallest absolute Gasteiger partial charge is 0.258 e. The summed E-state index contributed by atoms with van der Waals surface area (Å²) in [5.41, 5.74) is 3.38. The highest BCUT2D eigenvalue weighted by Gasteiger charge is 2.08. The monoisotopic (exact) mass is 376 g/mol. The topological polar surface area (TPSA) is 34.4 Å². The van der Waals surface area contributed by atoms with E-state index in [2.05, 4.69) is 17.1 Å². The summed E-state index contributed by atoms with van der Waals surface area (Å²) < 4.78 is 3.01. The number of rotatable bonds is 4. The highest BCUT2D eigenvalue weighted by molar-refractivity contribution is 7.99. The van der Waals surface area contributed by atoms with Gasteiger partial charge in [-0.3, -0.25) is 4.79 Å². The minimum atomic E-state index is -0.109. The summed E-state index contributed by atoms with van der Waals surface area (Å²) >= 11 is 9.19. The Morgan fingerprint density at radius 2 is 2.04 bits per heavy atom. The van der Waals surface area contributed by atoms with Crippen LogP contribution in [0.3, 0.4) is 0 Å². The number of hydrogen-bond donors (Lipinski definition) is 0. The van der Waals surface area contributed by atoms with Gasteiger partial charge in [0.2, 0.25) is 0 Å². The molecular weight excluding hydrogens is 360 g/mol. The molecule has 0 saturated heterocycles. The first kappa shape index (κ1) is 17.3. The molecule has 124 valence electrons. The molecule has 0 saturated carbocycles. The number of nitrogens with zero attached hydrogens (tertiary/aromatic N) is 2. The molecule has 1 heterocycles. The van der Waals surface area contributed by atoms with Crippen LogP contribution in [0.15, 0.2) is 47.5 Å². The maximum Gasteiger partial charge on any atom is 0.258 e. The number of hydrogen-bond acceptors (Lipinski definition) is 3. The summed E-state index contributed by atoms with van der Waals surface area (Å²) in [7, 11) is 1.93. The average Bonchev–Trinajstić information content (AvgIpc) is 2.84. The van der Waals surface area contributed by atoms with E-state index in [0.29, 0.717) is 15.6 Å². The molecule has 0 fully saturated rings. The Morgan fingerprint density at radius 1 is 1.29 bits per heavy atom. The molecule has 3 aromatic rings. The number of fused-ring (bicyclic) bond motifs is 1. The van der Waals surface area contributed by atoms with E-state index < -0.39 is 0 Å². The van der Waals surface area contributed by atoms with Crippen molar-refractivity contribution in [3.63, 3.8) is 0 Å². The molecule has 6 heteroatoms. The third kappa shape index (κ3) is 3.91. The first-order chi connectivity index (χ1) is 11.5. The van der Waals surface area contributed by atoms with Gasteiger partial charge in [0.1, 0.15) is 0 Å². The molecule has 0 aliphatic heterocycles. The zero-order chi connectivity index (χ0) is 17.1. The molecule has 0 aliphatic carbocycles. The van der Waals surface area contributed by atoms with Gasteiger partial charge < -0.3 is 4.57 Å². The number of benzene rings is 2. The van der Waals surface area contributed by atoms with Gasteiger partial charge in [0, 0.05) is 17.8 Å². The normalized spacial score (nSPS) is 12.0. The SMILES string of the molecule is Cc1cc(Cl)cc2sc(=NC(=O)CSCc3ccccc3)n(C)c12. The first-order valence-electron chi connectivity index (χ1n) is 7.49. The van der Waals surface area contributed by atoms with Gasteiger partial charge in [0.15, 0.2) is 4.80 Å². The van der Waals surface area contributed by atoms with Gasteiger partial charge in [0.05, 0.1) is 16.0 Å². The van der Waals surface area contributed by atoms with Crippen LogP contribution >= 0.6 is 34.7 Å². The molecule has 1 aromatic heterocycles. The Bertz CT molecular complexity index is 945. The number of carbonyl (C=O) groups excluding carboxylic acids is 1. The zero-order valence-corrected chi connectivity index (χ0v) is 15.8. The van der Waals surface area contributed by atoms with Crippen molar-refractivity contribution in [2.45, 2.75) is 12.7 Å². The molecule has 24 heavy (non-hydrogen) atoms. The summed E-state index contributed by atoms with van der Waals surface area (Å²) in [6.07, 6.45) is 0. The fourth-order valence-corrected chi connectivity index (χ4v) is 4.80. The van der Waals surface area contributed by atoms with Crippen LogP contribution in [0.2, 0.25) is 5.02 Å². The second kappa shape index (κ2) is 7.55. The molecule has 0 unspecified atom stereocenters. The van der Waals surface area contributed by atoms with E-state index in [-0.39, 0.29) is 5.91 Å². The number of amides is 1. The molecule has 2 aromatic carbocycles. The Kier molecular flexibility index (Phi) is 5.43. The molecule has 3 rings (SSSR count). The lowest BCUT2D eigenvalue weighted by atomic mass is 10.2. The van der Waals surface area contributed by atoms with Crippen molar-refractivity contribution < 1.29 is 4.79 Å². The Balaban J connectivity index is 1.76. The van der Waals surface area contributed by atoms with Crippen molar-refractivity contribution in [3.8, 4) is 0 Å². The van der Waals surface area contributed by atoms with E-state index in [1.807, 2.05) is 48.9 Å². The van der Waals surface area contributed by atoms with Gasteiger partial charge in [-0.15, -0.1) is 11.8 Å². The quantitative estimate of drug-likeness (QED) is 0.668. The van der Waals surface area contributed by atoms with Crippen molar-refractivity contribution in [1.82, 2.24) is 4.57 Å². The average molecular weight is 377 g/mol. The van der Waals surface area contributed by atoms with Crippen LogP contribution in [0.5, 0.6) is 0 Å². The van der Waals surface area contributed by atoms with E-state index in [1.54, 1.807) is 11.8 Å². The van der Waals surface area contributed by atoms with E-state index in [1.165, 1.54) is 16.9 Å². The maximum atomic E-state index is 12.2. The summed E-state index contributed by atoms with van der Waals surface area (Å²) in [5.74, 6) is 1.08. The van der Waals surface area contributed by atoms with Crippen LogP contribution in [0.4, 0.5) is 0 Å². The van der Waals surface area contributed by atoms with Crippen LogP contribution in [0, 0.1) is 6.92 Å². The zero-order valence-electron chi connectivity index (χ0n) is 13.5. The summed E-state index contributed by atoms with van der Waals surface area (Å²) in [6.45, 7) is 2.02. The predicted molar refractivity (Wildman–Crippen MR) is 104 cm³/mol. The number of aryl methyl sites for hydroxylation is 2. The number of carbonyl (C=O) groups is 1. The summed E-state index contributed by atoms with van der Waals surface area (Å²) in [5, 5.41) is 0.707. The van der Waals surface area contributed by atoms with Gasteiger partial charge >= 0.3 is 0 Å². The minimum absolute atomic E-state index is 0.109. The molecule has 0 bridgehead atoms. The van der Waals surface area contributed by atoms with Gasteiger partial charge in [-0.25, -0.2) is 0 Å². The maximum absolute atomic E-state index is 12.2. The molecule has 0 N–H and O–H groups in total. The van der Waals surface area contributed by atoms with Gasteiger partial charge in [-0.1, -0.05) is 53.3 Å². The van der Waals surface area contributed by atoms with Crippen LogP contribution in [0.25, 0.3) is 10.2 Å². The number of aromatic nitrogens is 1. The van der Waals surface area contributed by atoms with E-state index in [0.717, 1.165) is 21.5 Å². The summed E-state index contributed by atoms with van der Waals surface area (Å²) in [6, 6.07) is 14.0. The molecular formula is C18H17ClN2OS2. The van der Waals surface area contributed by atoms with Gasteiger partial charge in [-0.2, -0.15) is 4.99 Å². The largest absolute Gasteiger partial charge is 0.319 e. The third-order valence-electron chi connectivity index (χ3n) is 3.61. The van der Waals surface area contributed by atoms with E-state index in [9.17, 15) is 4.79 Å². The second-order valence-corrected chi connectivity index (χ2v) is 7.93. The van der Waals surface area contributed by atoms with Gasteiger partial charge in [0.25, 0.3) is 5.91 Å². The fourth-order valence-electron chi connectivity index (χ4n) is 2.54. The van der Waals surface area contributed by atoms with Crippen molar-refractivity contribution in [2.24, 2.45) is 12.0 Å². The lowest BCUT2D eigenvalue weighted by molar-refractivity contribution is -0.115. The lowest BCUT2D eigenvalue weighted by Gasteiger charge is -2.01. The lowest BCUT2D eigenvalue weighted by Crippen LogP contribution is -2.14. The van der Waals surface area contributed by atoms with Crippen molar-refractivity contribution in [3.05, 3.63) is 63.4 Å². The Morgan fingerprint density at radius 3 is 2.79 bits per heavy atom. The van der Waals surface area contributed by atoms with Crippen molar-refractivity contribution in [2.75, 3.05) is 5.75 Å². The molecule has 1 amide bonds. The highest BCUT2D eigenvalue weighted by atomic mass is 35.5. The van der Waals surface area contributed by atoms with Crippen LogP contribution in [0.1, 0.15) is 11.1 Å². The Labute approximate surface area is 154 Å². The van der Waals surface area contributed by atoms with Crippen LogP contribution in [-0.4, -0.2) is 16.2 Å². The van der Waals surface area contributed by atoms with Crippen LogP contribution in [-0.2, 0) is 17.6 Å².